The van der Waals surface area contributed by atoms with Crippen LogP contribution in [-0.2, 0) is 4.74 Å². The largest absolute Gasteiger partial charge is 0.784 e. The second kappa shape index (κ2) is 4.53. The molecule has 0 spiro atoms. The van der Waals surface area contributed by atoms with Gasteiger partial charge in [-0.2, -0.15) is 0 Å². The van der Waals surface area contributed by atoms with Gasteiger partial charge in [-0.3, -0.25) is 0 Å². The molecule has 0 saturated carbocycles. The smallest absolute Gasteiger partial charge is 0.110 e. The summed E-state index contributed by atoms with van der Waals surface area (Å²) in [5.74, 6) is 0. The zero-order valence-electron chi connectivity index (χ0n) is 10.2. The average Bonchev–Trinajstić information content (AvgIpc) is 2.71. The van der Waals surface area contributed by atoms with Crippen molar-refractivity contribution < 1.29 is 4.74 Å². The minimum atomic E-state index is -0.131. The number of rotatable bonds is 3. The summed E-state index contributed by atoms with van der Waals surface area (Å²) >= 11 is 0. The molecule has 0 aromatic heterocycles. The van der Waals surface area contributed by atoms with Gasteiger partial charge in [0.2, 0.25) is 0 Å². The maximum absolute atomic E-state index is 11.0. The Morgan fingerprint density at radius 1 is 1.00 bits per heavy atom. The Balaban J connectivity index is 2.03. The van der Waals surface area contributed by atoms with E-state index in [1.165, 1.54) is 18.2 Å². The van der Waals surface area contributed by atoms with E-state index in [0.29, 0.717) is 0 Å². The molecular formula is C15H14NO2-. The molecule has 2 aromatic carbocycles. The third-order valence-corrected chi connectivity index (χ3v) is 3.20. The molecule has 0 fully saturated rings. The van der Waals surface area contributed by atoms with Crippen LogP contribution in [-0.4, -0.2) is 18.8 Å². The molecule has 3 heteroatoms. The van der Waals surface area contributed by atoms with E-state index in [0.717, 1.165) is 16.2 Å². The van der Waals surface area contributed by atoms with Crippen molar-refractivity contribution in [3.8, 4) is 11.1 Å². The normalized spacial score (nSPS) is 13.7. The third kappa shape index (κ3) is 1.82. The molecule has 1 aliphatic carbocycles. The van der Waals surface area contributed by atoms with Crippen LogP contribution in [0.5, 0.6) is 0 Å². The zero-order valence-corrected chi connectivity index (χ0v) is 10.2. The van der Waals surface area contributed by atoms with E-state index in [2.05, 4.69) is 24.3 Å². The van der Waals surface area contributed by atoms with Gasteiger partial charge in [-0.15, -0.1) is 0 Å². The van der Waals surface area contributed by atoms with E-state index in [1.54, 1.807) is 0 Å². The van der Waals surface area contributed by atoms with Crippen LogP contribution in [0.25, 0.3) is 11.1 Å². The van der Waals surface area contributed by atoms with Gasteiger partial charge in [-0.1, -0.05) is 48.5 Å². The van der Waals surface area contributed by atoms with Crippen LogP contribution in [0, 0.1) is 5.21 Å². The summed E-state index contributed by atoms with van der Waals surface area (Å²) < 4.78 is 5.73. The molecule has 0 atom stereocenters. The predicted molar refractivity (Wildman–Crippen MR) is 70.8 cm³/mol. The molecule has 0 saturated heterocycles. The Kier molecular flexibility index (Phi) is 2.88. The summed E-state index contributed by atoms with van der Waals surface area (Å²) in [5.41, 5.74) is 4.68. The second-order valence-electron chi connectivity index (χ2n) is 4.48. The van der Waals surface area contributed by atoms with Gasteiger partial charge < -0.3 is 15.0 Å². The van der Waals surface area contributed by atoms with Gasteiger partial charge in [0.1, 0.15) is 6.10 Å². The lowest BCUT2D eigenvalue weighted by atomic mass is 10.1. The maximum Gasteiger partial charge on any atom is 0.110 e. The van der Waals surface area contributed by atoms with Gasteiger partial charge in [-0.25, -0.2) is 0 Å². The van der Waals surface area contributed by atoms with Gasteiger partial charge in [0.05, 0.1) is 6.73 Å². The number of nitrogens with zero attached hydrogens (tertiary/aromatic N) is 1. The van der Waals surface area contributed by atoms with Gasteiger partial charge in [0, 0.05) is 0 Å². The molecule has 18 heavy (non-hydrogen) atoms. The van der Waals surface area contributed by atoms with E-state index in [9.17, 15) is 5.21 Å². The molecule has 3 nitrogen and oxygen atoms in total. The molecule has 0 N–H and O–H groups in total. The fourth-order valence-corrected chi connectivity index (χ4v) is 2.47. The summed E-state index contributed by atoms with van der Waals surface area (Å²) in [7, 11) is 1.47. The lowest BCUT2D eigenvalue weighted by Crippen LogP contribution is -2.16. The first kappa shape index (κ1) is 11.4. The monoisotopic (exact) mass is 240 g/mol. The van der Waals surface area contributed by atoms with Crippen molar-refractivity contribution in [3.05, 3.63) is 64.9 Å². The van der Waals surface area contributed by atoms with Crippen molar-refractivity contribution in [1.82, 2.24) is 5.06 Å². The number of hydrogen-bond donors (Lipinski definition) is 0. The van der Waals surface area contributed by atoms with Crippen molar-refractivity contribution in [2.45, 2.75) is 6.10 Å². The Bertz CT molecular complexity index is 520. The first-order valence-electron chi connectivity index (χ1n) is 5.95. The molecule has 3 rings (SSSR count). The number of benzene rings is 2. The van der Waals surface area contributed by atoms with Crippen LogP contribution >= 0.6 is 0 Å². The summed E-state index contributed by atoms with van der Waals surface area (Å²) in [5, 5.41) is 11.8. The number of hydrogen-bond acceptors (Lipinski definition) is 3. The van der Waals surface area contributed by atoms with E-state index < -0.39 is 0 Å². The van der Waals surface area contributed by atoms with Gasteiger partial charge in [0.25, 0.3) is 0 Å². The fraction of sp³-hybridized carbons (Fsp3) is 0.200. The van der Waals surface area contributed by atoms with Crippen LogP contribution in [0.1, 0.15) is 17.2 Å². The molecule has 0 heterocycles. The lowest BCUT2D eigenvalue weighted by Gasteiger charge is -2.25. The number of ether oxygens (including phenoxy) is 1. The van der Waals surface area contributed by atoms with E-state index in [4.69, 9.17) is 4.74 Å². The topological polar surface area (TPSA) is 35.5 Å². The highest BCUT2D eigenvalue weighted by Gasteiger charge is 2.28. The van der Waals surface area contributed by atoms with Crippen LogP contribution < -0.4 is 0 Å². The molecule has 92 valence electrons. The van der Waals surface area contributed by atoms with Gasteiger partial charge in [-0.05, 0) is 29.3 Å². The molecule has 1 aliphatic rings. The molecular weight excluding hydrogens is 226 g/mol. The van der Waals surface area contributed by atoms with Crippen molar-refractivity contribution in [2.75, 3.05) is 13.8 Å². The molecule has 0 amide bonds. The zero-order chi connectivity index (χ0) is 12.5. The fourth-order valence-electron chi connectivity index (χ4n) is 2.47. The van der Waals surface area contributed by atoms with Crippen LogP contribution in [0.4, 0.5) is 0 Å². The summed E-state index contributed by atoms with van der Waals surface area (Å²) in [6.07, 6.45) is -0.131. The first-order valence-corrected chi connectivity index (χ1v) is 5.95. The number of fused-ring (bicyclic) bond motifs is 3. The molecule has 0 unspecified atom stereocenters. The Labute approximate surface area is 106 Å². The minimum Gasteiger partial charge on any atom is -0.784 e. The minimum absolute atomic E-state index is 0.0767. The highest BCUT2D eigenvalue weighted by atomic mass is 16.6. The Hall–Kier alpha value is -1.68. The van der Waals surface area contributed by atoms with E-state index >= 15 is 0 Å². The standard InChI is InChI=1S/C15H14NO2/c1-16(17)10-18-15-13-8-4-2-6-11(13)12-7-3-5-9-14(12)15/h2-9,15H,10H2,1H3/q-1. The lowest BCUT2D eigenvalue weighted by molar-refractivity contribution is 0.0258. The highest BCUT2D eigenvalue weighted by Crippen LogP contribution is 2.44. The summed E-state index contributed by atoms with van der Waals surface area (Å²) in [4.78, 5) is 0. The van der Waals surface area contributed by atoms with Crippen molar-refractivity contribution >= 4 is 0 Å². The quantitative estimate of drug-likeness (QED) is 0.610. The van der Waals surface area contributed by atoms with Gasteiger partial charge in [0.15, 0.2) is 0 Å². The SMILES string of the molecule is CN([O-])COC1c2ccccc2-c2ccccc21. The first-order chi connectivity index (χ1) is 8.77. The average molecular weight is 240 g/mol. The molecule has 0 aliphatic heterocycles. The third-order valence-electron chi connectivity index (χ3n) is 3.20. The van der Waals surface area contributed by atoms with Crippen molar-refractivity contribution in [1.29, 1.82) is 0 Å². The maximum atomic E-state index is 11.0. The van der Waals surface area contributed by atoms with Crippen LogP contribution in [0.3, 0.4) is 0 Å². The van der Waals surface area contributed by atoms with Crippen molar-refractivity contribution in [2.24, 2.45) is 0 Å². The second-order valence-corrected chi connectivity index (χ2v) is 4.48. The number of hydroxylamine groups is 2. The van der Waals surface area contributed by atoms with Crippen LogP contribution in [0.15, 0.2) is 48.5 Å². The van der Waals surface area contributed by atoms with E-state index in [1.807, 2.05) is 24.3 Å². The highest BCUT2D eigenvalue weighted by molar-refractivity contribution is 5.77. The summed E-state index contributed by atoms with van der Waals surface area (Å²) in [6, 6.07) is 16.4. The summed E-state index contributed by atoms with van der Waals surface area (Å²) in [6.45, 7) is 0.0767. The molecule has 0 radical (unpaired) electrons. The molecule has 0 bridgehead atoms. The van der Waals surface area contributed by atoms with Crippen molar-refractivity contribution in [3.63, 3.8) is 0 Å². The Morgan fingerprint density at radius 2 is 1.50 bits per heavy atom. The van der Waals surface area contributed by atoms with Gasteiger partial charge >= 0.3 is 0 Å². The predicted octanol–water partition coefficient (Wildman–Crippen LogP) is 3.16. The Morgan fingerprint density at radius 3 is 2.00 bits per heavy atom. The molecule has 2 aromatic rings. The van der Waals surface area contributed by atoms with E-state index in [-0.39, 0.29) is 12.8 Å². The van der Waals surface area contributed by atoms with Crippen LogP contribution in [0.2, 0.25) is 0 Å².